The predicted molar refractivity (Wildman–Crippen MR) is 115 cm³/mol. The molecule has 0 N–H and O–H groups in total. The molecular weight excluding hydrogens is 515 g/mol. The minimum atomic E-state index is 0.541. The minimum absolute atomic E-state index is 0.541. The van der Waals surface area contributed by atoms with Gasteiger partial charge < -0.3 is 23.7 Å². The number of halogens is 2. The van der Waals surface area contributed by atoms with Crippen LogP contribution in [0, 0.1) is 3.57 Å². The summed E-state index contributed by atoms with van der Waals surface area (Å²) in [5.74, 6) is 3.09. The van der Waals surface area contributed by atoms with Crippen molar-refractivity contribution in [1.82, 2.24) is 0 Å². The van der Waals surface area contributed by atoms with Crippen molar-refractivity contribution in [2.45, 2.75) is 0 Å². The van der Waals surface area contributed by atoms with Crippen molar-refractivity contribution < 1.29 is 23.7 Å². The van der Waals surface area contributed by atoms with E-state index in [-0.39, 0.29) is 0 Å². The van der Waals surface area contributed by atoms with Gasteiger partial charge >= 0.3 is 0 Å². The van der Waals surface area contributed by atoms with Gasteiger partial charge in [0.2, 0.25) is 5.75 Å². The van der Waals surface area contributed by atoms with Crippen LogP contribution in [0.4, 0.5) is 0 Å². The summed E-state index contributed by atoms with van der Waals surface area (Å²) in [6, 6.07) is 5.75. The summed E-state index contributed by atoms with van der Waals surface area (Å²) in [7, 11) is 8.00. The highest BCUT2D eigenvalue weighted by molar-refractivity contribution is 14.1. The molecule has 5 nitrogen and oxygen atoms in total. The molecule has 0 bridgehead atoms. The van der Waals surface area contributed by atoms with Crippen molar-refractivity contribution in [3.05, 3.63) is 37.4 Å². The summed E-state index contributed by atoms with van der Waals surface area (Å²) in [5.41, 5.74) is 1.90. The molecule has 0 aromatic heterocycles. The van der Waals surface area contributed by atoms with E-state index in [4.69, 9.17) is 23.7 Å². The molecule has 0 aliphatic heterocycles. The molecule has 0 saturated heterocycles. The van der Waals surface area contributed by atoms with Crippen molar-refractivity contribution in [3.8, 4) is 28.7 Å². The average Bonchev–Trinajstić information content (AvgIpc) is 2.66. The van der Waals surface area contributed by atoms with E-state index in [0.717, 1.165) is 19.2 Å². The van der Waals surface area contributed by atoms with Crippen LogP contribution in [0.2, 0.25) is 0 Å². The molecule has 0 aliphatic carbocycles. The Bertz CT molecular complexity index is 820. The zero-order valence-corrected chi connectivity index (χ0v) is 18.9. The third-order valence-corrected chi connectivity index (χ3v) is 5.50. The molecule has 0 amide bonds. The van der Waals surface area contributed by atoms with Crippen molar-refractivity contribution >= 4 is 50.7 Å². The van der Waals surface area contributed by atoms with E-state index in [0.29, 0.717) is 28.7 Å². The van der Waals surface area contributed by atoms with Gasteiger partial charge in [-0.15, -0.1) is 0 Å². The van der Waals surface area contributed by atoms with Gasteiger partial charge in [0, 0.05) is 3.57 Å². The minimum Gasteiger partial charge on any atom is -0.493 e. The number of hydrogen-bond acceptors (Lipinski definition) is 5. The Morgan fingerprint density at radius 3 is 1.73 bits per heavy atom. The first-order valence-corrected chi connectivity index (χ1v) is 9.45. The summed E-state index contributed by atoms with van der Waals surface area (Å²) in [5, 5.41) is 0. The summed E-state index contributed by atoms with van der Waals surface area (Å²) >= 11 is 5.85. The molecular formula is C19H20BrIO5. The Hall–Kier alpha value is -1.61. The number of methoxy groups -OCH3 is 5. The molecule has 140 valence electrons. The van der Waals surface area contributed by atoms with Crippen LogP contribution in [-0.2, 0) is 0 Å². The van der Waals surface area contributed by atoms with Gasteiger partial charge in [-0.25, -0.2) is 0 Å². The Kier molecular flexibility index (Phi) is 7.45. The lowest BCUT2D eigenvalue weighted by Gasteiger charge is -2.15. The van der Waals surface area contributed by atoms with Crippen LogP contribution in [0.1, 0.15) is 11.1 Å². The monoisotopic (exact) mass is 534 g/mol. The lowest BCUT2D eigenvalue weighted by molar-refractivity contribution is 0.323. The van der Waals surface area contributed by atoms with Gasteiger partial charge in [-0.2, -0.15) is 0 Å². The smallest absolute Gasteiger partial charge is 0.204 e. The summed E-state index contributed by atoms with van der Waals surface area (Å²) in [6.07, 6.45) is 3.97. The second-order valence-electron chi connectivity index (χ2n) is 5.11. The maximum atomic E-state index is 5.47. The lowest BCUT2D eigenvalue weighted by atomic mass is 10.1. The van der Waals surface area contributed by atoms with E-state index in [1.165, 1.54) is 0 Å². The van der Waals surface area contributed by atoms with Crippen LogP contribution in [0.3, 0.4) is 0 Å². The summed E-state index contributed by atoms with van der Waals surface area (Å²) in [6.45, 7) is 0. The van der Waals surface area contributed by atoms with E-state index in [9.17, 15) is 0 Å². The first kappa shape index (κ1) is 20.7. The van der Waals surface area contributed by atoms with Crippen molar-refractivity contribution in [2.24, 2.45) is 0 Å². The van der Waals surface area contributed by atoms with E-state index >= 15 is 0 Å². The Balaban J connectivity index is 2.51. The predicted octanol–water partition coefficient (Wildman–Crippen LogP) is 5.27. The van der Waals surface area contributed by atoms with Gasteiger partial charge in [-0.05, 0) is 67.8 Å². The third-order valence-electron chi connectivity index (χ3n) is 3.74. The fourth-order valence-corrected chi connectivity index (χ4v) is 3.65. The molecule has 0 atom stereocenters. The van der Waals surface area contributed by atoms with Gasteiger partial charge in [-0.1, -0.05) is 12.2 Å². The molecule has 0 radical (unpaired) electrons. The van der Waals surface area contributed by atoms with E-state index in [2.05, 4.69) is 38.5 Å². The van der Waals surface area contributed by atoms with Crippen molar-refractivity contribution in [1.29, 1.82) is 0 Å². The topological polar surface area (TPSA) is 46.2 Å². The molecule has 2 aromatic carbocycles. The Morgan fingerprint density at radius 1 is 0.692 bits per heavy atom. The first-order chi connectivity index (χ1) is 12.5. The number of hydrogen-bond donors (Lipinski definition) is 0. The average molecular weight is 535 g/mol. The van der Waals surface area contributed by atoms with Crippen LogP contribution in [-0.4, -0.2) is 35.5 Å². The van der Waals surface area contributed by atoms with Crippen molar-refractivity contribution in [3.63, 3.8) is 0 Å². The number of rotatable bonds is 7. The fraction of sp³-hybridized carbons (Fsp3) is 0.263. The molecule has 7 heteroatoms. The van der Waals surface area contributed by atoms with E-state index in [1.54, 1.807) is 35.5 Å². The highest BCUT2D eigenvalue weighted by Crippen LogP contribution is 2.45. The van der Waals surface area contributed by atoms with Gasteiger partial charge in [0.1, 0.15) is 0 Å². The second-order valence-corrected chi connectivity index (χ2v) is 7.07. The molecule has 26 heavy (non-hydrogen) atoms. The SMILES string of the molecule is COc1cc(I)c(/C=C\c2cc(OC)c(OC)c(OC)c2Br)cc1OC. The maximum absolute atomic E-state index is 5.47. The van der Waals surface area contributed by atoms with Gasteiger partial charge in [0.25, 0.3) is 0 Å². The van der Waals surface area contributed by atoms with Crippen LogP contribution in [0.25, 0.3) is 12.2 Å². The number of benzene rings is 2. The van der Waals surface area contributed by atoms with Crippen LogP contribution < -0.4 is 23.7 Å². The highest BCUT2D eigenvalue weighted by Gasteiger charge is 2.18. The second kappa shape index (κ2) is 9.36. The largest absolute Gasteiger partial charge is 0.493 e. The summed E-state index contributed by atoms with van der Waals surface area (Å²) in [4.78, 5) is 0. The molecule has 0 saturated carbocycles. The first-order valence-electron chi connectivity index (χ1n) is 7.58. The molecule has 0 unspecified atom stereocenters. The standard InChI is InChI=1S/C19H20BrIO5/c1-22-14-8-11(13(21)10-15(14)23-2)6-7-12-9-16(24-3)18(25-4)19(26-5)17(12)20/h6-10H,1-5H3/b7-6-. The van der Waals surface area contributed by atoms with E-state index < -0.39 is 0 Å². The quantitative estimate of drug-likeness (QED) is 0.358. The maximum Gasteiger partial charge on any atom is 0.204 e. The highest BCUT2D eigenvalue weighted by atomic mass is 127. The zero-order valence-electron chi connectivity index (χ0n) is 15.2. The van der Waals surface area contributed by atoms with Gasteiger partial charge in [0.05, 0.1) is 40.0 Å². The molecule has 0 spiro atoms. The molecule has 0 heterocycles. The third kappa shape index (κ3) is 4.20. The molecule has 0 aliphatic rings. The van der Waals surface area contributed by atoms with E-state index in [1.807, 2.05) is 30.4 Å². The zero-order chi connectivity index (χ0) is 19.3. The molecule has 0 fully saturated rings. The van der Waals surface area contributed by atoms with Crippen molar-refractivity contribution in [2.75, 3.05) is 35.5 Å². The fourth-order valence-electron chi connectivity index (χ4n) is 2.44. The van der Waals surface area contributed by atoms with Crippen LogP contribution >= 0.6 is 38.5 Å². The summed E-state index contributed by atoms with van der Waals surface area (Å²) < 4.78 is 28.8. The van der Waals surface area contributed by atoms with Crippen LogP contribution in [0.5, 0.6) is 28.7 Å². The van der Waals surface area contributed by atoms with Crippen LogP contribution in [0.15, 0.2) is 22.7 Å². The van der Waals surface area contributed by atoms with Gasteiger partial charge in [0.15, 0.2) is 23.0 Å². The van der Waals surface area contributed by atoms with Gasteiger partial charge in [-0.3, -0.25) is 0 Å². The number of ether oxygens (including phenoxy) is 5. The normalized spacial score (nSPS) is 10.7. The Morgan fingerprint density at radius 2 is 1.19 bits per heavy atom. The lowest BCUT2D eigenvalue weighted by Crippen LogP contribution is -1.97. The molecule has 2 rings (SSSR count). The Labute approximate surface area is 175 Å². The molecule has 2 aromatic rings.